The summed E-state index contributed by atoms with van der Waals surface area (Å²) >= 11 is 0. The average Bonchev–Trinajstić information content (AvgIpc) is 2.51. The van der Waals surface area contributed by atoms with Gasteiger partial charge in [-0.15, -0.1) is 0 Å². The Hall–Kier alpha value is -0.830. The molecule has 0 aromatic carbocycles. The van der Waals surface area contributed by atoms with Crippen LogP contribution in [0.5, 0.6) is 0 Å². The molecule has 2 heterocycles. The first-order chi connectivity index (χ1) is 6.84. The quantitative estimate of drug-likeness (QED) is 0.674. The van der Waals surface area contributed by atoms with E-state index in [-0.39, 0.29) is 0 Å². The Kier molecular flexibility index (Phi) is 1.87. The minimum absolute atomic E-state index is 0.356. The van der Waals surface area contributed by atoms with Crippen LogP contribution in [0.4, 0.5) is 0 Å². The minimum atomic E-state index is 0.356. The van der Waals surface area contributed by atoms with Gasteiger partial charge in [0.2, 0.25) is 0 Å². The number of nitrogens with zero attached hydrogens (tertiary/aromatic N) is 2. The van der Waals surface area contributed by atoms with Crippen LogP contribution in [0.25, 0.3) is 0 Å². The third-order valence-corrected chi connectivity index (χ3v) is 3.64. The van der Waals surface area contributed by atoms with Gasteiger partial charge in [-0.3, -0.25) is 4.68 Å². The lowest BCUT2D eigenvalue weighted by Crippen LogP contribution is -2.21. The van der Waals surface area contributed by atoms with E-state index in [1.54, 1.807) is 0 Å². The van der Waals surface area contributed by atoms with Gasteiger partial charge in [0.1, 0.15) is 0 Å². The number of aromatic nitrogens is 2. The fraction of sp³-hybridized carbons (Fsp3) is 0.727. The van der Waals surface area contributed by atoms with Crippen molar-refractivity contribution in [1.29, 1.82) is 0 Å². The molecule has 3 rings (SSSR count). The van der Waals surface area contributed by atoms with Gasteiger partial charge >= 0.3 is 0 Å². The maximum atomic E-state index is 6.06. The maximum Gasteiger partial charge on any atom is 0.0525 e. The van der Waals surface area contributed by atoms with Crippen LogP contribution < -0.4 is 5.73 Å². The van der Waals surface area contributed by atoms with Gasteiger partial charge in [-0.2, -0.15) is 5.10 Å². The fourth-order valence-corrected chi connectivity index (χ4v) is 2.95. The topological polar surface area (TPSA) is 43.8 Å². The van der Waals surface area contributed by atoms with Gasteiger partial charge < -0.3 is 5.73 Å². The third-order valence-electron chi connectivity index (χ3n) is 3.64. The summed E-state index contributed by atoms with van der Waals surface area (Å²) in [6.45, 7) is 1.11. The molecule has 3 nitrogen and oxygen atoms in total. The van der Waals surface area contributed by atoms with Crippen LogP contribution in [0.1, 0.15) is 42.9 Å². The van der Waals surface area contributed by atoms with Crippen LogP contribution >= 0.6 is 0 Å². The van der Waals surface area contributed by atoms with Crippen LogP contribution in [0.15, 0.2) is 6.20 Å². The lowest BCUT2D eigenvalue weighted by Gasteiger charge is -2.23. The van der Waals surface area contributed by atoms with E-state index < -0.39 is 0 Å². The first-order valence-electron chi connectivity index (χ1n) is 5.65. The van der Waals surface area contributed by atoms with E-state index >= 15 is 0 Å². The zero-order chi connectivity index (χ0) is 9.54. The van der Waals surface area contributed by atoms with Crippen molar-refractivity contribution in [2.24, 2.45) is 5.73 Å². The van der Waals surface area contributed by atoms with Crippen LogP contribution in [0.2, 0.25) is 0 Å². The zero-order valence-electron chi connectivity index (χ0n) is 8.45. The second-order valence-electron chi connectivity index (χ2n) is 4.66. The Balaban J connectivity index is 2.06. The van der Waals surface area contributed by atoms with Crippen LogP contribution in [0, 0.1) is 0 Å². The maximum absolute atomic E-state index is 6.06. The Morgan fingerprint density at radius 1 is 1.36 bits per heavy atom. The highest BCUT2D eigenvalue weighted by Gasteiger charge is 2.28. The standard InChI is InChI=1S/C11H17N3/c12-10-4-3-8-2-1-5-14-11(8)9(6-10)7-13-14/h7-8,10H,1-6,12H2/t8-,10-/m0/s1. The molecule has 0 amide bonds. The summed E-state index contributed by atoms with van der Waals surface area (Å²) in [6, 6.07) is 0.356. The highest BCUT2D eigenvalue weighted by atomic mass is 15.3. The van der Waals surface area contributed by atoms with Crippen molar-refractivity contribution in [3.63, 3.8) is 0 Å². The van der Waals surface area contributed by atoms with Gasteiger partial charge in [0.25, 0.3) is 0 Å². The summed E-state index contributed by atoms with van der Waals surface area (Å²) in [5.41, 5.74) is 8.98. The first kappa shape index (κ1) is 8.48. The summed E-state index contributed by atoms with van der Waals surface area (Å²) in [4.78, 5) is 0. The molecule has 0 saturated heterocycles. The Morgan fingerprint density at radius 2 is 2.29 bits per heavy atom. The number of hydrogen-bond acceptors (Lipinski definition) is 2. The molecule has 14 heavy (non-hydrogen) atoms. The molecule has 1 aromatic heterocycles. The Bertz CT molecular complexity index is 342. The molecule has 0 unspecified atom stereocenters. The molecule has 0 spiro atoms. The molecule has 2 atom stereocenters. The second-order valence-corrected chi connectivity index (χ2v) is 4.66. The van der Waals surface area contributed by atoms with Crippen LogP contribution in [-0.2, 0) is 13.0 Å². The van der Waals surface area contributed by atoms with Crippen molar-refractivity contribution in [1.82, 2.24) is 9.78 Å². The molecule has 1 aromatic rings. The molecule has 2 aliphatic rings. The molecule has 76 valence electrons. The van der Waals surface area contributed by atoms with Crippen molar-refractivity contribution in [2.45, 2.75) is 50.6 Å². The van der Waals surface area contributed by atoms with E-state index in [1.807, 2.05) is 6.20 Å². The molecule has 0 bridgehead atoms. The first-order valence-corrected chi connectivity index (χ1v) is 5.65. The van der Waals surface area contributed by atoms with E-state index in [9.17, 15) is 0 Å². The molecule has 0 fully saturated rings. The smallest absolute Gasteiger partial charge is 0.0525 e. The van der Waals surface area contributed by atoms with Gasteiger partial charge in [-0.25, -0.2) is 0 Å². The Morgan fingerprint density at radius 3 is 3.21 bits per heavy atom. The molecular weight excluding hydrogens is 174 g/mol. The van der Waals surface area contributed by atoms with Gasteiger partial charge in [-0.05, 0) is 37.7 Å². The van der Waals surface area contributed by atoms with E-state index in [2.05, 4.69) is 9.78 Å². The zero-order valence-corrected chi connectivity index (χ0v) is 8.45. The summed E-state index contributed by atoms with van der Waals surface area (Å²) in [6.07, 6.45) is 8.14. The normalized spacial score (nSPS) is 30.9. The van der Waals surface area contributed by atoms with E-state index in [0.717, 1.165) is 18.9 Å². The van der Waals surface area contributed by atoms with Crippen molar-refractivity contribution >= 4 is 0 Å². The van der Waals surface area contributed by atoms with Gasteiger partial charge in [0.15, 0.2) is 0 Å². The van der Waals surface area contributed by atoms with Crippen molar-refractivity contribution in [3.05, 3.63) is 17.5 Å². The van der Waals surface area contributed by atoms with Crippen LogP contribution in [-0.4, -0.2) is 15.8 Å². The van der Waals surface area contributed by atoms with Gasteiger partial charge in [0.05, 0.1) is 6.20 Å². The molecule has 2 N–H and O–H groups in total. The van der Waals surface area contributed by atoms with Gasteiger partial charge in [-0.1, -0.05) is 0 Å². The monoisotopic (exact) mass is 191 g/mol. The summed E-state index contributed by atoms with van der Waals surface area (Å²) in [7, 11) is 0. The van der Waals surface area contributed by atoms with E-state index in [1.165, 1.54) is 36.9 Å². The lowest BCUT2D eigenvalue weighted by molar-refractivity contribution is 0.401. The third kappa shape index (κ3) is 1.19. The number of aryl methyl sites for hydroxylation is 1. The number of rotatable bonds is 0. The molecule has 0 saturated carbocycles. The van der Waals surface area contributed by atoms with E-state index in [4.69, 9.17) is 5.73 Å². The Labute approximate surface area is 84.3 Å². The highest BCUT2D eigenvalue weighted by molar-refractivity contribution is 5.25. The van der Waals surface area contributed by atoms with Crippen molar-refractivity contribution in [2.75, 3.05) is 0 Å². The summed E-state index contributed by atoms with van der Waals surface area (Å²) < 4.78 is 2.21. The molecule has 1 aliphatic heterocycles. The fourth-order valence-electron chi connectivity index (χ4n) is 2.95. The van der Waals surface area contributed by atoms with Gasteiger partial charge in [0, 0.05) is 24.2 Å². The average molecular weight is 191 g/mol. The molecule has 0 radical (unpaired) electrons. The minimum Gasteiger partial charge on any atom is -0.327 e. The molecule has 3 heteroatoms. The lowest BCUT2D eigenvalue weighted by atomic mass is 9.91. The van der Waals surface area contributed by atoms with E-state index in [0.29, 0.717) is 6.04 Å². The predicted molar refractivity (Wildman–Crippen MR) is 55.1 cm³/mol. The van der Waals surface area contributed by atoms with Crippen LogP contribution in [0.3, 0.4) is 0 Å². The SMILES string of the molecule is N[C@H]1CC[C@@H]2CCCn3ncc(c32)C1. The second kappa shape index (κ2) is 3.09. The largest absolute Gasteiger partial charge is 0.327 e. The molecular formula is C11H17N3. The number of nitrogens with two attached hydrogens (primary N) is 1. The van der Waals surface area contributed by atoms with Crippen molar-refractivity contribution in [3.8, 4) is 0 Å². The highest BCUT2D eigenvalue weighted by Crippen LogP contribution is 2.36. The number of hydrogen-bond donors (Lipinski definition) is 1. The van der Waals surface area contributed by atoms with Crippen molar-refractivity contribution < 1.29 is 0 Å². The summed E-state index contributed by atoms with van der Waals surface area (Å²) in [5.74, 6) is 0.745. The molecule has 1 aliphatic carbocycles. The summed E-state index contributed by atoms with van der Waals surface area (Å²) in [5, 5.41) is 4.46. The predicted octanol–water partition coefficient (Wildman–Crippen LogP) is 1.42.